The van der Waals surface area contributed by atoms with Gasteiger partial charge in [0.15, 0.2) is 0 Å². The molecule has 0 aromatic heterocycles. The summed E-state index contributed by atoms with van der Waals surface area (Å²) in [5.74, 6) is 0. The third kappa shape index (κ3) is 13.8. The zero-order chi connectivity index (χ0) is 21.9. The molecule has 4 atom stereocenters. The highest BCUT2D eigenvalue weighted by atomic mass is 16.5. The van der Waals surface area contributed by atoms with Gasteiger partial charge >= 0.3 is 0 Å². The summed E-state index contributed by atoms with van der Waals surface area (Å²) in [5.41, 5.74) is 0. The Morgan fingerprint density at radius 3 is 1.90 bits per heavy atom. The van der Waals surface area contributed by atoms with Gasteiger partial charge in [0.25, 0.3) is 0 Å². The number of allylic oxidation sites excluding steroid dienone is 2. The van der Waals surface area contributed by atoms with Gasteiger partial charge in [0, 0.05) is 6.61 Å². The Kier molecular flexibility index (Phi) is 17.7. The number of aliphatic hydroxyl groups is 3. The van der Waals surface area contributed by atoms with Gasteiger partial charge in [0.2, 0.25) is 0 Å². The smallest absolute Gasteiger partial charge is 0.114 e. The van der Waals surface area contributed by atoms with Gasteiger partial charge < -0.3 is 24.8 Å². The normalized spacial score (nSPS) is 22.9. The van der Waals surface area contributed by atoms with Crippen molar-refractivity contribution in [2.45, 2.75) is 128 Å². The van der Waals surface area contributed by atoms with E-state index in [1.54, 1.807) is 0 Å². The topological polar surface area (TPSA) is 79.2 Å². The van der Waals surface area contributed by atoms with Crippen LogP contribution >= 0.6 is 0 Å². The van der Waals surface area contributed by atoms with Crippen molar-refractivity contribution in [3.05, 3.63) is 12.2 Å². The van der Waals surface area contributed by atoms with Crippen molar-refractivity contribution < 1.29 is 24.8 Å². The van der Waals surface area contributed by atoms with E-state index >= 15 is 0 Å². The van der Waals surface area contributed by atoms with Crippen LogP contribution in [0, 0.1) is 0 Å². The number of ether oxygens (including phenoxy) is 2. The SMILES string of the molecule is CCC/C=C/CCCCCCCCCCCCCCOC[C@H](O)[C@H]1OC[C@@H](O)[C@H]1O. The Hall–Kier alpha value is -0.460. The second-order valence-corrected chi connectivity index (χ2v) is 8.79. The number of rotatable bonds is 20. The molecular formula is C25H48O5. The van der Waals surface area contributed by atoms with E-state index in [2.05, 4.69) is 19.1 Å². The van der Waals surface area contributed by atoms with Crippen molar-refractivity contribution in [2.24, 2.45) is 0 Å². The molecule has 1 heterocycles. The Morgan fingerprint density at radius 2 is 1.37 bits per heavy atom. The molecule has 0 aliphatic carbocycles. The van der Waals surface area contributed by atoms with Gasteiger partial charge in [-0.05, 0) is 25.7 Å². The van der Waals surface area contributed by atoms with Crippen LogP contribution in [0.3, 0.4) is 0 Å². The first kappa shape index (κ1) is 27.6. The van der Waals surface area contributed by atoms with E-state index in [0.717, 1.165) is 12.8 Å². The first-order valence-electron chi connectivity index (χ1n) is 12.5. The van der Waals surface area contributed by atoms with Gasteiger partial charge in [0.05, 0.1) is 13.2 Å². The molecule has 5 nitrogen and oxygen atoms in total. The van der Waals surface area contributed by atoms with E-state index in [0.29, 0.717) is 6.61 Å². The van der Waals surface area contributed by atoms with Crippen LogP contribution in [0.1, 0.15) is 103 Å². The van der Waals surface area contributed by atoms with Crippen LogP contribution in [0.15, 0.2) is 12.2 Å². The Balaban J connectivity index is 1.75. The van der Waals surface area contributed by atoms with Gasteiger partial charge in [0.1, 0.15) is 24.4 Å². The standard InChI is InChI=1S/C25H48O5/c1-2-3-4-5-6-7-8-9-10-11-12-13-14-15-16-17-18-19-29-20-23(27)25-24(28)22(26)21-30-25/h4-5,22-28H,2-3,6-21H2,1H3/b5-4+/t22-,23+,24-,25-/m1/s1. The molecule has 5 heteroatoms. The predicted octanol–water partition coefficient (Wildman–Crippen LogP) is 4.91. The molecule has 178 valence electrons. The molecule has 3 N–H and O–H groups in total. The largest absolute Gasteiger partial charge is 0.388 e. The van der Waals surface area contributed by atoms with E-state index < -0.39 is 24.4 Å². The number of aliphatic hydroxyl groups excluding tert-OH is 3. The van der Waals surface area contributed by atoms with Crippen LogP contribution in [-0.4, -0.2) is 59.6 Å². The van der Waals surface area contributed by atoms with Crippen LogP contribution in [0.2, 0.25) is 0 Å². The van der Waals surface area contributed by atoms with Gasteiger partial charge in [-0.3, -0.25) is 0 Å². The maximum Gasteiger partial charge on any atom is 0.114 e. The Morgan fingerprint density at radius 1 is 0.833 bits per heavy atom. The van der Waals surface area contributed by atoms with E-state index in [-0.39, 0.29) is 13.2 Å². The molecule has 0 spiro atoms. The summed E-state index contributed by atoms with van der Waals surface area (Å²) in [6.45, 7) is 3.06. The van der Waals surface area contributed by atoms with Crippen molar-refractivity contribution in [1.29, 1.82) is 0 Å². The second-order valence-electron chi connectivity index (χ2n) is 8.79. The second kappa shape index (κ2) is 19.2. The fourth-order valence-electron chi connectivity index (χ4n) is 3.90. The highest BCUT2D eigenvalue weighted by Gasteiger charge is 2.39. The van der Waals surface area contributed by atoms with Crippen molar-refractivity contribution in [1.82, 2.24) is 0 Å². The third-order valence-electron chi connectivity index (χ3n) is 5.89. The monoisotopic (exact) mass is 428 g/mol. The minimum atomic E-state index is -1.03. The van der Waals surface area contributed by atoms with Crippen molar-refractivity contribution >= 4 is 0 Å². The van der Waals surface area contributed by atoms with E-state index in [9.17, 15) is 15.3 Å². The highest BCUT2D eigenvalue weighted by Crippen LogP contribution is 2.18. The van der Waals surface area contributed by atoms with Crippen LogP contribution in [0.5, 0.6) is 0 Å². The quantitative estimate of drug-likeness (QED) is 0.190. The predicted molar refractivity (Wildman–Crippen MR) is 123 cm³/mol. The zero-order valence-corrected chi connectivity index (χ0v) is 19.4. The van der Waals surface area contributed by atoms with E-state index in [4.69, 9.17) is 9.47 Å². The lowest BCUT2D eigenvalue weighted by molar-refractivity contribution is -0.0813. The first-order chi connectivity index (χ1) is 14.7. The number of hydrogen-bond acceptors (Lipinski definition) is 5. The Labute approximate surface area is 184 Å². The maximum absolute atomic E-state index is 9.96. The molecule has 0 amide bonds. The molecule has 1 fully saturated rings. The summed E-state index contributed by atoms with van der Waals surface area (Å²) in [6.07, 6.45) is 20.5. The fourth-order valence-corrected chi connectivity index (χ4v) is 3.90. The summed E-state index contributed by atoms with van der Waals surface area (Å²) in [6, 6.07) is 0. The molecule has 1 rings (SSSR count). The molecule has 30 heavy (non-hydrogen) atoms. The van der Waals surface area contributed by atoms with Gasteiger partial charge in [-0.2, -0.15) is 0 Å². The van der Waals surface area contributed by atoms with Crippen LogP contribution < -0.4 is 0 Å². The lowest BCUT2D eigenvalue weighted by atomic mass is 10.0. The van der Waals surface area contributed by atoms with Crippen LogP contribution in [0.4, 0.5) is 0 Å². The fraction of sp³-hybridized carbons (Fsp3) is 0.920. The first-order valence-corrected chi connectivity index (χ1v) is 12.5. The van der Waals surface area contributed by atoms with Gasteiger partial charge in [-0.1, -0.05) is 89.7 Å². The summed E-state index contributed by atoms with van der Waals surface area (Å²) in [4.78, 5) is 0. The maximum atomic E-state index is 9.96. The molecule has 0 aromatic carbocycles. The molecule has 0 radical (unpaired) electrons. The zero-order valence-electron chi connectivity index (χ0n) is 19.4. The molecule has 1 aliphatic heterocycles. The minimum Gasteiger partial charge on any atom is -0.388 e. The molecule has 1 aliphatic rings. The summed E-state index contributed by atoms with van der Waals surface area (Å²) < 4.78 is 10.7. The Bertz CT molecular complexity index is 401. The minimum absolute atomic E-state index is 0.0693. The average Bonchev–Trinajstić information content (AvgIpc) is 3.08. The van der Waals surface area contributed by atoms with Crippen molar-refractivity contribution in [2.75, 3.05) is 19.8 Å². The van der Waals surface area contributed by atoms with E-state index in [1.807, 2.05) is 0 Å². The van der Waals surface area contributed by atoms with Gasteiger partial charge in [-0.25, -0.2) is 0 Å². The molecular weight excluding hydrogens is 380 g/mol. The summed E-state index contributed by atoms with van der Waals surface area (Å²) in [7, 11) is 0. The van der Waals surface area contributed by atoms with Crippen LogP contribution in [0.25, 0.3) is 0 Å². The van der Waals surface area contributed by atoms with E-state index in [1.165, 1.54) is 83.5 Å². The van der Waals surface area contributed by atoms with Crippen molar-refractivity contribution in [3.63, 3.8) is 0 Å². The lowest BCUT2D eigenvalue weighted by Gasteiger charge is -2.20. The highest BCUT2D eigenvalue weighted by molar-refractivity contribution is 4.87. The molecule has 0 saturated carbocycles. The summed E-state index contributed by atoms with van der Waals surface area (Å²) >= 11 is 0. The van der Waals surface area contributed by atoms with Gasteiger partial charge in [-0.15, -0.1) is 0 Å². The lowest BCUT2D eigenvalue weighted by Crippen LogP contribution is -2.40. The molecule has 0 aromatic rings. The average molecular weight is 429 g/mol. The molecule has 0 bridgehead atoms. The van der Waals surface area contributed by atoms with Crippen LogP contribution in [-0.2, 0) is 9.47 Å². The number of unbranched alkanes of at least 4 members (excludes halogenated alkanes) is 13. The number of hydrogen-bond donors (Lipinski definition) is 3. The molecule has 1 saturated heterocycles. The molecule has 0 unspecified atom stereocenters. The van der Waals surface area contributed by atoms with Crippen molar-refractivity contribution in [3.8, 4) is 0 Å². The third-order valence-corrected chi connectivity index (χ3v) is 5.89. The summed E-state index contributed by atoms with van der Waals surface area (Å²) in [5, 5.41) is 29.1.